The molecular weight excluding hydrogens is 154 g/mol. The standard InChI is InChI=1S/C5H13NO3S/c1-4-5-9-10(7,8)6(2)3/h4-5H2,1-3H3. The lowest BCUT2D eigenvalue weighted by Crippen LogP contribution is -2.24. The molecule has 0 aliphatic rings. The third kappa shape index (κ3) is 3.14. The van der Waals surface area contributed by atoms with Gasteiger partial charge in [0.1, 0.15) is 0 Å². The average molecular weight is 167 g/mol. The Kier molecular flexibility index (Phi) is 3.85. The number of hydrogen-bond donors (Lipinski definition) is 0. The predicted octanol–water partition coefficient (Wildman–Crippen LogP) is 0.219. The van der Waals surface area contributed by atoms with Gasteiger partial charge < -0.3 is 0 Å². The first-order valence-corrected chi connectivity index (χ1v) is 4.44. The van der Waals surface area contributed by atoms with Crippen molar-refractivity contribution in [1.29, 1.82) is 0 Å². The second kappa shape index (κ2) is 3.90. The van der Waals surface area contributed by atoms with Crippen LogP contribution in [0.1, 0.15) is 13.3 Å². The van der Waals surface area contributed by atoms with Gasteiger partial charge in [0.2, 0.25) is 0 Å². The summed E-state index contributed by atoms with van der Waals surface area (Å²) in [7, 11) is -0.556. The van der Waals surface area contributed by atoms with Crippen LogP contribution >= 0.6 is 0 Å². The summed E-state index contributed by atoms with van der Waals surface area (Å²) < 4.78 is 27.2. The van der Waals surface area contributed by atoms with Gasteiger partial charge in [0.25, 0.3) is 0 Å². The Morgan fingerprint density at radius 3 is 2.20 bits per heavy atom. The van der Waals surface area contributed by atoms with Crippen molar-refractivity contribution < 1.29 is 12.6 Å². The molecule has 0 radical (unpaired) electrons. The quantitative estimate of drug-likeness (QED) is 0.601. The molecule has 0 spiro atoms. The van der Waals surface area contributed by atoms with Crippen molar-refractivity contribution in [2.45, 2.75) is 13.3 Å². The Labute approximate surface area is 62.0 Å². The van der Waals surface area contributed by atoms with Gasteiger partial charge in [-0.15, -0.1) is 0 Å². The molecule has 0 N–H and O–H groups in total. The van der Waals surface area contributed by atoms with E-state index in [0.717, 1.165) is 4.31 Å². The van der Waals surface area contributed by atoms with E-state index < -0.39 is 10.3 Å². The first-order chi connectivity index (χ1) is 4.50. The maximum atomic E-state index is 10.8. The van der Waals surface area contributed by atoms with Gasteiger partial charge in [0.05, 0.1) is 6.61 Å². The molecule has 0 unspecified atom stereocenters. The van der Waals surface area contributed by atoms with Crippen molar-refractivity contribution in [3.05, 3.63) is 0 Å². The van der Waals surface area contributed by atoms with Crippen LogP contribution in [0.3, 0.4) is 0 Å². The molecule has 10 heavy (non-hydrogen) atoms. The second-order valence-electron chi connectivity index (χ2n) is 2.06. The van der Waals surface area contributed by atoms with Crippen molar-refractivity contribution in [3.63, 3.8) is 0 Å². The molecule has 0 atom stereocenters. The van der Waals surface area contributed by atoms with E-state index in [-0.39, 0.29) is 6.61 Å². The molecular formula is C5H13NO3S. The SMILES string of the molecule is CCCOS(=O)(=O)N(C)C. The summed E-state index contributed by atoms with van der Waals surface area (Å²) in [6, 6.07) is 0. The van der Waals surface area contributed by atoms with E-state index in [1.807, 2.05) is 6.92 Å². The Morgan fingerprint density at radius 2 is 1.90 bits per heavy atom. The molecule has 0 saturated carbocycles. The van der Waals surface area contributed by atoms with E-state index in [0.29, 0.717) is 6.42 Å². The number of rotatable bonds is 4. The highest BCUT2D eigenvalue weighted by atomic mass is 32.2. The molecule has 0 aromatic rings. The number of hydrogen-bond acceptors (Lipinski definition) is 3. The molecule has 0 rings (SSSR count). The maximum Gasteiger partial charge on any atom is 0.337 e. The Hall–Kier alpha value is -0.130. The van der Waals surface area contributed by atoms with Crippen LogP contribution in [-0.4, -0.2) is 33.4 Å². The fourth-order valence-corrected chi connectivity index (χ4v) is 0.882. The lowest BCUT2D eigenvalue weighted by molar-refractivity contribution is 0.288. The van der Waals surface area contributed by atoms with Crippen LogP contribution in [0.5, 0.6) is 0 Å². The van der Waals surface area contributed by atoms with Gasteiger partial charge in [-0.2, -0.15) is 12.7 Å². The van der Waals surface area contributed by atoms with Gasteiger partial charge in [0, 0.05) is 14.1 Å². The summed E-state index contributed by atoms with van der Waals surface area (Å²) in [5.41, 5.74) is 0. The van der Waals surface area contributed by atoms with Gasteiger partial charge in [-0.1, -0.05) is 6.92 Å². The van der Waals surface area contributed by atoms with E-state index >= 15 is 0 Å². The zero-order valence-corrected chi connectivity index (χ0v) is 7.31. The molecule has 0 heterocycles. The minimum absolute atomic E-state index is 0.251. The van der Waals surface area contributed by atoms with Crippen LogP contribution in [0.25, 0.3) is 0 Å². The third-order valence-corrected chi connectivity index (χ3v) is 2.24. The van der Waals surface area contributed by atoms with Gasteiger partial charge in [0.15, 0.2) is 0 Å². The topological polar surface area (TPSA) is 46.6 Å². The smallest absolute Gasteiger partial charge is 0.258 e. The normalized spacial score (nSPS) is 12.4. The third-order valence-electron chi connectivity index (χ3n) is 0.884. The molecule has 0 aliphatic carbocycles. The predicted molar refractivity (Wildman–Crippen MR) is 38.8 cm³/mol. The molecule has 0 saturated heterocycles. The van der Waals surface area contributed by atoms with E-state index in [9.17, 15) is 8.42 Å². The zero-order valence-electron chi connectivity index (χ0n) is 6.49. The molecule has 4 nitrogen and oxygen atoms in total. The van der Waals surface area contributed by atoms with Gasteiger partial charge in [-0.3, -0.25) is 4.18 Å². The maximum absolute atomic E-state index is 10.8. The monoisotopic (exact) mass is 167 g/mol. The van der Waals surface area contributed by atoms with Crippen LogP contribution in [-0.2, 0) is 14.5 Å². The van der Waals surface area contributed by atoms with E-state index in [2.05, 4.69) is 4.18 Å². The Balaban J connectivity index is 3.90. The van der Waals surface area contributed by atoms with E-state index in [1.165, 1.54) is 14.1 Å². The molecule has 0 aliphatic heterocycles. The first-order valence-electron chi connectivity index (χ1n) is 3.07. The Bertz CT molecular complexity index is 173. The first kappa shape index (κ1) is 9.87. The second-order valence-corrected chi connectivity index (χ2v) is 3.88. The summed E-state index contributed by atoms with van der Waals surface area (Å²) in [5.74, 6) is 0. The van der Waals surface area contributed by atoms with Gasteiger partial charge in [-0.25, -0.2) is 0 Å². The summed E-state index contributed by atoms with van der Waals surface area (Å²) in [6.07, 6.45) is 0.701. The highest BCUT2D eigenvalue weighted by molar-refractivity contribution is 7.84. The summed E-state index contributed by atoms with van der Waals surface area (Å²) >= 11 is 0. The minimum Gasteiger partial charge on any atom is -0.258 e. The molecule has 0 aromatic carbocycles. The van der Waals surface area contributed by atoms with Crippen LogP contribution in [0.4, 0.5) is 0 Å². The largest absolute Gasteiger partial charge is 0.337 e. The molecule has 5 heteroatoms. The van der Waals surface area contributed by atoms with Crippen molar-refractivity contribution in [2.75, 3.05) is 20.7 Å². The minimum atomic E-state index is -3.43. The lowest BCUT2D eigenvalue weighted by Gasteiger charge is -2.09. The van der Waals surface area contributed by atoms with E-state index in [1.54, 1.807) is 0 Å². The number of nitrogens with zero attached hydrogens (tertiary/aromatic N) is 1. The van der Waals surface area contributed by atoms with Gasteiger partial charge in [-0.05, 0) is 6.42 Å². The van der Waals surface area contributed by atoms with E-state index in [4.69, 9.17) is 0 Å². The van der Waals surface area contributed by atoms with Crippen molar-refractivity contribution in [3.8, 4) is 0 Å². The van der Waals surface area contributed by atoms with Crippen LogP contribution in [0.15, 0.2) is 0 Å². The summed E-state index contributed by atoms with van der Waals surface area (Å²) in [6.45, 7) is 2.10. The zero-order chi connectivity index (χ0) is 8.20. The molecule has 0 amide bonds. The van der Waals surface area contributed by atoms with Gasteiger partial charge >= 0.3 is 10.3 Å². The summed E-state index contributed by atoms with van der Waals surface area (Å²) in [4.78, 5) is 0. The molecule has 0 bridgehead atoms. The molecule has 62 valence electrons. The molecule has 0 fully saturated rings. The molecule has 0 aromatic heterocycles. The highest BCUT2D eigenvalue weighted by Crippen LogP contribution is 1.96. The van der Waals surface area contributed by atoms with Crippen LogP contribution in [0, 0.1) is 0 Å². The van der Waals surface area contributed by atoms with Crippen LogP contribution in [0.2, 0.25) is 0 Å². The van der Waals surface area contributed by atoms with Crippen molar-refractivity contribution >= 4 is 10.3 Å². The Morgan fingerprint density at radius 1 is 1.40 bits per heavy atom. The average Bonchev–Trinajstić information content (AvgIpc) is 1.84. The highest BCUT2D eigenvalue weighted by Gasteiger charge is 2.12. The van der Waals surface area contributed by atoms with Crippen molar-refractivity contribution in [1.82, 2.24) is 4.31 Å². The fraction of sp³-hybridized carbons (Fsp3) is 1.00. The lowest BCUT2D eigenvalue weighted by atomic mass is 10.5. The fourth-order valence-electron chi connectivity index (χ4n) is 0.294. The van der Waals surface area contributed by atoms with Crippen molar-refractivity contribution in [2.24, 2.45) is 0 Å². The summed E-state index contributed by atoms with van der Waals surface area (Å²) in [5, 5.41) is 0. The van der Waals surface area contributed by atoms with Crippen LogP contribution < -0.4 is 0 Å².